The average Bonchev–Trinajstić information content (AvgIpc) is 2.59. The molecule has 0 aliphatic rings. The van der Waals surface area contributed by atoms with Gasteiger partial charge in [0.2, 0.25) is 5.91 Å². The fraction of sp³-hybridized carbons (Fsp3) is 0.250. The first kappa shape index (κ1) is 16.8. The number of ether oxygens (including phenoxy) is 1. The summed E-state index contributed by atoms with van der Waals surface area (Å²) < 4.78 is 5.16. The van der Waals surface area contributed by atoms with Gasteiger partial charge in [0.1, 0.15) is 5.75 Å². The van der Waals surface area contributed by atoms with Crippen LogP contribution in [0.25, 0.3) is 6.08 Å². The minimum Gasteiger partial charge on any atom is -0.497 e. The second-order valence-electron chi connectivity index (χ2n) is 5.49. The van der Waals surface area contributed by atoms with E-state index in [0.29, 0.717) is 0 Å². The monoisotopic (exact) mass is 309 g/mol. The zero-order valence-electron chi connectivity index (χ0n) is 13.9. The predicted molar refractivity (Wildman–Crippen MR) is 94.4 cm³/mol. The molecule has 0 radical (unpaired) electrons. The van der Waals surface area contributed by atoms with Gasteiger partial charge in [-0.05, 0) is 42.7 Å². The normalized spacial score (nSPS) is 12.1. The molecule has 0 aromatic heterocycles. The maximum Gasteiger partial charge on any atom is 0.244 e. The van der Waals surface area contributed by atoms with Crippen LogP contribution in [0.5, 0.6) is 5.75 Å². The molecule has 0 aliphatic carbocycles. The van der Waals surface area contributed by atoms with Crippen LogP contribution in [0.2, 0.25) is 0 Å². The van der Waals surface area contributed by atoms with Gasteiger partial charge in [0.05, 0.1) is 13.2 Å². The highest BCUT2D eigenvalue weighted by Crippen LogP contribution is 2.20. The smallest absolute Gasteiger partial charge is 0.244 e. The lowest BCUT2D eigenvalue weighted by Gasteiger charge is -2.16. The van der Waals surface area contributed by atoms with Gasteiger partial charge in [0.15, 0.2) is 0 Å². The summed E-state index contributed by atoms with van der Waals surface area (Å²) in [4.78, 5) is 12.1. The third-order valence-corrected chi connectivity index (χ3v) is 3.75. The Labute approximate surface area is 138 Å². The van der Waals surface area contributed by atoms with Gasteiger partial charge in [0.25, 0.3) is 0 Å². The zero-order chi connectivity index (χ0) is 16.7. The molecule has 0 aliphatic heterocycles. The minimum absolute atomic E-state index is 0.00364. The van der Waals surface area contributed by atoms with E-state index in [1.54, 1.807) is 13.2 Å². The van der Waals surface area contributed by atoms with Crippen LogP contribution in [0, 0.1) is 6.92 Å². The van der Waals surface area contributed by atoms with Crippen molar-refractivity contribution in [1.29, 1.82) is 0 Å². The van der Waals surface area contributed by atoms with Gasteiger partial charge in [-0.1, -0.05) is 48.9 Å². The molecule has 0 fully saturated rings. The fourth-order valence-corrected chi connectivity index (χ4v) is 2.33. The summed E-state index contributed by atoms with van der Waals surface area (Å²) in [5.41, 5.74) is 3.30. The summed E-state index contributed by atoms with van der Waals surface area (Å²) in [5, 5.41) is 3.04. The molecule has 0 spiro atoms. The van der Waals surface area contributed by atoms with E-state index in [9.17, 15) is 4.79 Å². The average molecular weight is 309 g/mol. The Balaban J connectivity index is 1.99. The molecule has 23 heavy (non-hydrogen) atoms. The van der Waals surface area contributed by atoms with Crippen LogP contribution in [0.1, 0.15) is 36.1 Å². The number of hydrogen-bond donors (Lipinski definition) is 1. The molecule has 0 unspecified atom stereocenters. The van der Waals surface area contributed by atoms with E-state index in [1.807, 2.05) is 61.5 Å². The van der Waals surface area contributed by atoms with Crippen molar-refractivity contribution in [2.24, 2.45) is 0 Å². The Morgan fingerprint density at radius 2 is 1.78 bits per heavy atom. The SMILES string of the molecule is CC[C@H](NC(=O)/C=C/c1ccc(C)cc1)c1ccc(OC)cc1. The molecule has 3 heteroatoms. The molecule has 1 atom stereocenters. The highest BCUT2D eigenvalue weighted by molar-refractivity contribution is 5.92. The van der Waals surface area contributed by atoms with E-state index < -0.39 is 0 Å². The van der Waals surface area contributed by atoms with Crippen LogP contribution in [0.15, 0.2) is 54.6 Å². The molecule has 0 saturated heterocycles. The second-order valence-corrected chi connectivity index (χ2v) is 5.49. The van der Waals surface area contributed by atoms with Crippen molar-refractivity contribution in [1.82, 2.24) is 5.32 Å². The summed E-state index contributed by atoms with van der Waals surface area (Å²) in [6.07, 6.45) is 4.24. The molecule has 1 N–H and O–H groups in total. The van der Waals surface area contributed by atoms with E-state index in [4.69, 9.17) is 4.74 Å². The van der Waals surface area contributed by atoms with Gasteiger partial charge < -0.3 is 10.1 Å². The van der Waals surface area contributed by atoms with Crippen LogP contribution < -0.4 is 10.1 Å². The van der Waals surface area contributed by atoms with Gasteiger partial charge in [-0.2, -0.15) is 0 Å². The number of aryl methyl sites for hydroxylation is 1. The first-order valence-electron chi connectivity index (χ1n) is 7.81. The van der Waals surface area contributed by atoms with Crippen LogP contribution in [0.4, 0.5) is 0 Å². The van der Waals surface area contributed by atoms with Crippen LogP contribution >= 0.6 is 0 Å². The zero-order valence-corrected chi connectivity index (χ0v) is 13.9. The Hall–Kier alpha value is -2.55. The third kappa shape index (κ3) is 4.99. The Bertz CT molecular complexity index is 657. The van der Waals surface area contributed by atoms with Gasteiger partial charge in [0, 0.05) is 6.08 Å². The number of nitrogens with one attached hydrogen (secondary N) is 1. The highest BCUT2D eigenvalue weighted by atomic mass is 16.5. The van der Waals surface area contributed by atoms with Crippen molar-refractivity contribution in [2.75, 3.05) is 7.11 Å². The number of benzene rings is 2. The van der Waals surface area contributed by atoms with Crippen LogP contribution in [0.3, 0.4) is 0 Å². The Morgan fingerprint density at radius 1 is 1.13 bits per heavy atom. The minimum atomic E-state index is -0.0896. The largest absolute Gasteiger partial charge is 0.497 e. The van der Waals surface area contributed by atoms with Crippen molar-refractivity contribution in [2.45, 2.75) is 26.3 Å². The van der Waals surface area contributed by atoms with E-state index >= 15 is 0 Å². The molecule has 120 valence electrons. The Morgan fingerprint density at radius 3 is 2.35 bits per heavy atom. The molecule has 2 aromatic carbocycles. The number of carbonyl (C=O) groups excluding carboxylic acids is 1. The van der Waals surface area contributed by atoms with Gasteiger partial charge >= 0.3 is 0 Å². The number of amides is 1. The molecule has 2 rings (SSSR count). The summed E-state index contributed by atoms with van der Waals surface area (Å²) >= 11 is 0. The first-order chi connectivity index (χ1) is 11.1. The molecular formula is C20H23NO2. The molecule has 2 aromatic rings. The topological polar surface area (TPSA) is 38.3 Å². The fourth-order valence-electron chi connectivity index (χ4n) is 2.33. The molecule has 0 saturated carbocycles. The van der Waals surface area contributed by atoms with Gasteiger partial charge in [-0.3, -0.25) is 4.79 Å². The number of rotatable bonds is 6. The summed E-state index contributed by atoms with van der Waals surface area (Å²) in [7, 11) is 1.64. The molecule has 1 amide bonds. The van der Waals surface area contributed by atoms with Crippen LogP contribution in [-0.4, -0.2) is 13.0 Å². The standard InChI is InChI=1S/C20H23NO2/c1-4-19(17-10-12-18(23-3)13-11-17)21-20(22)14-9-16-7-5-15(2)6-8-16/h5-14,19H,4H2,1-3H3,(H,21,22)/b14-9+/t19-/m0/s1. The third-order valence-electron chi connectivity index (χ3n) is 3.75. The summed E-state index contributed by atoms with van der Waals surface area (Å²) in [6.45, 7) is 4.10. The summed E-state index contributed by atoms with van der Waals surface area (Å²) in [5.74, 6) is 0.724. The molecule has 0 bridgehead atoms. The van der Waals surface area contributed by atoms with Crippen molar-refractivity contribution in [3.8, 4) is 5.75 Å². The quantitative estimate of drug-likeness (QED) is 0.809. The maximum absolute atomic E-state index is 12.1. The van der Waals surface area contributed by atoms with Gasteiger partial charge in [-0.15, -0.1) is 0 Å². The Kier molecular flexibility index (Phi) is 5.98. The number of hydrogen-bond acceptors (Lipinski definition) is 2. The van der Waals surface area contributed by atoms with Crippen LogP contribution in [-0.2, 0) is 4.79 Å². The summed E-state index contributed by atoms with van der Waals surface area (Å²) in [6, 6.07) is 15.8. The first-order valence-corrected chi connectivity index (χ1v) is 7.81. The lowest BCUT2D eigenvalue weighted by molar-refractivity contribution is -0.117. The van der Waals surface area contributed by atoms with Gasteiger partial charge in [-0.25, -0.2) is 0 Å². The molecular weight excluding hydrogens is 286 g/mol. The second kappa shape index (κ2) is 8.18. The van der Waals surface area contributed by atoms with Crippen molar-refractivity contribution < 1.29 is 9.53 Å². The maximum atomic E-state index is 12.1. The van der Waals surface area contributed by atoms with E-state index in [0.717, 1.165) is 23.3 Å². The number of carbonyl (C=O) groups is 1. The van der Waals surface area contributed by atoms with Crippen molar-refractivity contribution in [3.05, 3.63) is 71.3 Å². The predicted octanol–water partition coefficient (Wildman–Crippen LogP) is 4.28. The lowest BCUT2D eigenvalue weighted by Crippen LogP contribution is -2.26. The lowest BCUT2D eigenvalue weighted by atomic mass is 10.0. The van der Waals surface area contributed by atoms with E-state index in [-0.39, 0.29) is 11.9 Å². The van der Waals surface area contributed by atoms with Crippen molar-refractivity contribution in [3.63, 3.8) is 0 Å². The number of methoxy groups -OCH3 is 1. The highest BCUT2D eigenvalue weighted by Gasteiger charge is 2.11. The van der Waals surface area contributed by atoms with Crippen molar-refractivity contribution >= 4 is 12.0 Å². The van der Waals surface area contributed by atoms with E-state index in [1.165, 1.54) is 5.56 Å². The molecule has 3 nitrogen and oxygen atoms in total. The van der Waals surface area contributed by atoms with E-state index in [2.05, 4.69) is 12.2 Å². The molecule has 0 heterocycles.